The lowest BCUT2D eigenvalue weighted by molar-refractivity contribution is -0.132. The highest BCUT2D eigenvalue weighted by atomic mass is 32.2. The Morgan fingerprint density at radius 1 is 1.08 bits per heavy atom. The number of fused-ring (bicyclic) bond motifs is 2. The molecule has 2 atom stereocenters. The summed E-state index contributed by atoms with van der Waals surface area (Å²) in [7, 11) is 1.77. The van der Waals surface area contributed by atoms with E-state index in [-0.39, 0.29) is 16.7 Å². The van der Waals surface area contributed by atoms with Gasteiger partial charge in [0.25, 0.3) is 0 Å². The second-order valence-electron chi connectivity index (χ2n) is 14.0. The summed E-state index contributed by atoms with van der Waals surface area (Å²) in [6.07, 6.45) is 5.66. The van der Waals surface area contributed by atoms with Crippen molar-refractivity contribution < 1.29 is 19.1 Å². The number of nitrogens with one attached hydrogen (secondary N) is 3. The van der Waals surface area contributed by atoms with Gasteiger partial charge in [-0.3, -0.25) is 4.79 Å². The number of imidazole rings is 2. The minimum atomic E-state index is -0.510. The predicted octanol–water partition coefficient (Wildman–Crippen LogP) is 6.37. The molecule has 0 radical (unpaired) electrons. The molecule has 1 saturated heterocycles. The normalized spacial score (nSPS) is 20.2. The van der Waals surface area contributed by atoms with E-state index in [2.05, 4.69) is 63.8 Å². The van der Waals surface area contributed by atoms with Crippen LogP contribution in [-0.4, -0.2) is 74.4 Å². The number of hydrogen-bond donors (Lipinski definition) is 4. The van der Waals surface area contributed by atoms with Gasteiger partial charge in [-0.1, -0.05) is 48.5 Å². The molecule has 2 aromatic carbocycles. The van der Waals surface area contributed by atoms with Crippen LogP contribution < -0.4 is 11.1 Å². The van der Waals surface area contributed by atoms with Crippen molar-refractivity contribution in [1.29, 1.82) is 0 Å². The van der Waals surface area contributed by atoms with Gasteiger partial charge in [0.1, 0.15) is 17.2 Å². The van der Waals surface area contributed by atoms with Gasteiger partial charge < -0.3 is 35.4 Å². The number of carbonyl (C=O) groups is 2. The lowest BCUT2D eigenvalue weighted by atomic mass is 10.0. The van der Waals surface area contributed by atoms with Crippen LogP contribution in [0.4, 0.5) is 4.79 Å². The van der Waals surface area contributed by atoms with E-state index in [1.54, 1.807) is 11.9 Å². The Balaban J connectivity index is 1.09. The first-order chi connectivity index (χ1) is 23.5. The van der Waals surface area contributed by atoms with E-state index >= 15 is 0 Å². The molecule has 2 bridgehead atoms. The number of nitrogens with two attached hydrogens (primary N) is 1. The number of aromatic amines is 2. The first-order valence-corrected chi connectivity index (χ1v) is 18.0. The number of carbonyl (C=O) groups excluding carboxylic acids is 2. The zero-order chi connectivity index (χ0) is 34.6. The third-order valence-corrected chi connectivity index (χ3v) is 10.2. The molecule has 0 unspecified atom stereocenters. The van der Waals surface area contributed by atoms with Crippen LogP contribution in [0.1, 0.15) is 70.2 Å². The molecule has 0 saturated carbocycles. The second kappa shape index (κ2) is 14.8. The van der Waals surface area contributed by atoms with E-state index < -0.39 is 11.6 Å². The highest BCUT2D eigenvalue weighted by Gasteiger charge is 2.47. The molecule has 2 aliphatic rings. The number of rotatable bonds is 8. The Morgan fingerprint density at radius 3 is 2.43 bits per heavy atom. The first-order valence-electron chi connectivity index (χ1n) is 17.0. The van der Waals surface area contributed by atoms with Crippen LogP contribution in [0.2, 0.25) is 0 Å². The monoisotopic (exact) mass is 685 g/mol. The third-order valence-electron chi connectivity index (χ3n) is 8.82. The Morgan fingerprint density at radius 2 is 1.76 bits per heavy atom. The second-order valence-corrected chi connectivity index (χ2v) is 15.3. The lowest BCUT2D eigenvalue weighted by Gasteiger charge is -2.20. The molecular weight excluding hydrogens is 639 g/mol. The fourth-order valence-electron chi connectivity index (χ4n) is 6.06. The van der Waals surface area contributed by atoms with E-state index in [0.717, 1.165) is 76.6 Å². The van der Waals surface area contributed by atoms with Gasteiger partial charge in [-0.2, -0.15) is 0 Å². The molecule has 12 heteroatoms. The molecule has 49 heavy (non-hydrogen) atoms. The smallest absolute Gasteiger partial charge is 0.407 e. The topological polar surface area (TPSA) is 151 Å². The van der Waals surface area contributed by atoms with Crippen molar-refractivity contribution in [1.82, 2.24) is 30.2 Å². The number of nitrogens with zero attached hydrogens (tertiary/aromatic N) is 3. The number of likely N-dealkylation sites (N-methyl/N-ethyl adjacent to an activating group) is 1. The minimum Gasteiger partial charge on any atom is -0.444 e. The molecule has 6 rings (SSSR count). The van der Waals surface area contributed by atoms with Crippen LogP contribution in [0.25, 0.3) is 33.6 Å². The van der Waals surface area contributed by atoms with E-state index in [9.17, 15) is 9.59 Å². The van der Waals surface area contributed by atoms with Crippen LogP contribution in [0, 0.1) is 0 Å². The summed E-state index contributed by atoms with van der Waals surface area (Å²) in [6, 6.07) is 16.4. The van der Waals surface area contributed by atoms with Crippen LogP contribution in [0.15, 0.2) is 54.7 Å². The molecule has 260 valence electrons. The Kier molecular flexibility index (Phi) is 10.5. The van der Waals surface area contributed by atoms with Crippen LogP contribution in [-0.2, 0) is 32.2 Å². The Hall–Kier alpha value is -4.13. The maximum absolute atomic E-state index is 12.7. The van der Waals surface area contributed by atoms with Gasteiger partial charge in [-0.05, 0) is 69.6 Å². The van der Waals surface area contributed by atoms with Crippen LogP contribution in [0.5, 0.6) is 0 Å². The zero-order valence-electron chi connectivity index (χ0n) is 28.8. The zero-order valence-corrected chi connectivity index (χ0v) is 29.6. The number of benzene rings is 2. The summed E-state index contributed by atoms with van der Waals surface area (Å²) in [5, 5.41) is 2.85. The summed E-state index contributed by atoms with van der Waals surface area (Å²) in [5.41, 5.74) is 12.6. The van der Waals surface area contributed by atoms with Crippen molar-refractivity contribution in [2.24, 2.45) is 5.73 Å². The highest BCUT2D eigenvalue weighted by Crippen LogP contribution is 2.55. The number of H-pyrrole nitrogens is 2. The SMILES string of the molecule is CN1Cc2nc(-c3ccc(-c4ccc(-c5cnc([C@@]6(CCCNC(=O)OC(C)(C)C)CS6)[nH]5)cc4)cc3)c([nH]2)COCCCC[C@H](N)C1=O. The third kappa shape index (κ3) is 8.73. The maximum atomic E-state index is 12.7. The van der Waals surface area contributed by atoms with Gasteiger partial charge in [-0.15, -0.1) is 11.8 Å². The van der Waals surface area contributed by atoms with Crippen LogP contribution in [0.3, 0.4) is 0 Å². The molecule has 5 N–H and O–H groups in total. The average Bonchev–Trinajstić information content (AvgIpc) is 3.49. The number of alkyl carbamates (subject to hydrolysis) is 1. The molecular formula is C37H47N7O4S. The maximum Gasteiger partial charge on any atom is 0.407 e. The predicted molar refractivity (Wildman–Crippen MR) is 193 cm³/mol. The van der Waals surface area contributed by atoms with Crippen molar-refractivity contribution >= 4 is 23.8 Å². The van der Waals surface area contributed by atoms with E-state index in [1.165, 1.54) is 0 Å². The van der Waals surface area contributed by atoms with Crippen molar-refractivity contribution in [3.05, 3.63) is 72.1 Å². The van der Waals surface area contributed by atoms with Crippen molar-refractivity contribution in [3.63, 3.8) is 0 Å². The summed E-state index contributed by atoms with van der Waals surface area (Å²) >= 11 is 1.89. The Labute approximate surface area is 292 Å². The van der Waals surface area contributed by atoms with Crippen molar-refractivity contribution in [3.8, 4) is 33.6 Å². The number of hydrogen-bond acceptors (Lipinski definition) is 8. The van der Waals surface area contributed by atoms with E-state index in [0.29, 0.717) is 38.5 Å². The molecule has 0 spiro atoms. The molecule has 4 heterocycles. The molecule has 1 fully saturated rings. The summed E-state index contributed by atoms with van der Waals surface area (Å²) in [5.74, 6) is 2.64. The first kappa shape index (κ1) is 34.7. The lowest BCUT2D eigenvalue weighted by Crippen LogP contribution is -2.41. The van der Waals surface area contributed by atoms with Crippen molar-refractivity contribution in [2.75, 3.05) is 26.0 Å². The molecule has 2 aliphatic heterocycles. The number of thioether (sulfide) groups is 1. The summed E-state index contributed by atoms with van der Waals surface area (Å²) < 4.78 is 11.3. The Bertz CT molecular complexity index is 1740. The van der Waals surface area contributed by atoms with Gasteiger partial charge in [0.2, 0.25) is 5.91 Å². The number of ether oxygens (including phenoxy) is 2. The molecule has 2 amide bonds. The largest absolute Gasteiger partial charge is 0.444 e. The fraction of sp³-hybridized carbons (Fsp3) is 0.459. The quantitative estimate of drug-likeness (QED) is 0.123. The van der Waals surface area contributed by atoms with Gasteiger partial charge in [-0.25, -0.2) is 14.8 Å². The standard InChI is InChI=1S/C37H47N7O4S/c1-36(2,3)48-35(46)39-18-7-17-37(23-49-37)34-40-20-29(42-34)26-13-9-24(10-14-26)25-11-15-27(16-12-25)32-30-22-47-19-6-5-8-28(38)33(45)44(4)21-31(41-30)43-32/h9-16,20,28H,5-8,17-19,21-23,38H2,1-4H3,(H,39,46)(H,40,42)(H,41,43)/t28-,37+/m0/s1. The van der Waals surface area contributed by atoms with Gasteiger partial charge in [0.05, 0.1) is 47.2 Å². The molecule has 0 aliphatic carbocycles. The minimum absolute atomic E-state index is 0.0221. The van der Waals surface area contributed by atoms with Crippen molar-refractivity contribution in [2.45, 2.75) is 82.4 Å². The molecule has 2 aromatic heterocycles. The van der Waals surface area contributed by atoms with Gasteiger partial charge >= 0.3 is 6.09 Å². The van der Waals surface area contributed by atoms with E-state index in [1.807, 2.05) is 38.7 Å². The fourth-order valence-corrected chi connectivity index (χ4v) is 7.05. The molecule has 4 aromatic rings. The summed E-state index contributed by atoms with van der Waals surface area (Å²) in [4.78, 5) is 42.9. The summed E-state index contributed by atoms with van der Waals surface area (Å²) in [6.45, 7) is 7.54. The number of aromatic nitrogens is 4. The average molecular weight is 686 g/mol. The van der Waals surface area contributed by atoms with E-state index in [4.69, 9.17) is 25.2 Å². The van der Waals surface area contributed by atoms with Crippen LogP contribution >= 0.6 is 11.8 Å². The van der Waals surface area contributed by atoms with Gasteiger partial charge in [0.15, 0.2) is 0 Å². The highest BCUT2D eigenvalue weighted by molar-refractivity contribution is 8.07. The number of amides is 2. The van der Waals surface area contributed by atoms with Gasteiger partial charge in [0, 0.05) is 31.5 Å². The molecule has 11 nitrogen and oxygen atoms in total.